The smallest absolute Gasteiger partial charge is 0.0736 e. The van der Waals surface area contributed by atoms with Gasteiger partial charge in [-0.3, -0.25) is 0 Å². The first kappa shape index (κ1) is 25.3. The van der Waals surface area contributed by atoms with Crippen LogP contribution in [0.4, 0.5) is 0 Å². The number of nitrogens with zero attached hydrogens (tertiary/aromatic N) is 2. The monoisotopic (exact) mass is 544 g/mol. The van der Waals surface area contributed by atoms with E-state index in [1.54, 1.807) is 0 Å². The predicted octanol–water partition coefficient (Wildman–Crippen LogP) is 11.1. The van der Waals surface area contributed by atoms with Crippen LogP contribution in [-0.2, 0) is 11.8 Å². The molecule has 0 amide bonds. The van der Waals surface area contributed by atoms with E-state index >= 15 is 0 Å². The van der Waals surface area contributed by atoms with E-state index in [4.69, 9.17) is 4.98 Å². The molecule has 8 rings (SSSR count). The third-order valence-corrected chi connectivity index (χ3v) is 8.90. The summed E-state index contributed by atoms with van der Waals surface area (Å²) in [5.74, 6) is 0. The fourth-order valence-electron chi connectivity index (χ4n) is 7.20. The van der Waals surface area contributed by atoms with Gasteiger partial charge >= 0.3 is 0 Å². The van der Waals surface area contributed by atoms with Crippen molar-refractivity contribution in [3.8, 4) is 11.3 Å². The standard InChI is InChI=1S/C40H36N2/c1-39(2,3)23-24-17-18-35-31(19-24)30-15-9-14-29-28-13-10-16-33-37(28)36(42(35)38(29)30)22-34(41-33)26-20-25-11-7-8-12-27(25)32(21-26)40(4,5)6/h7-22H,23H2,1-6H3. The van der Waals surface area contributed by atoms with Crippen molar-refractivity contribution in [1.82, 2.24) is 9.38 Å². The summed E-state index contributed by atoms with van der Waals surface area (Å²) in [6, 6.07) is 36.3. The number of pyridine rings is 2. The van der Waals surface area contributed by atoms with Gasteiger partial charge in [-0.05, 0) is 80.9 Å². The van der Waals surface area contributed by atoms with Crippen LogP contribution in [0.3, 0.4) is 0 Å². The average Bonchev–Trinajstić information content (AvgIpc) is 3.28. The minimum absolute atomic E-state index is 0.0143. The van der Waals surface area contributed by atoms with Crippen molar-refractivity contribution in [1.29, 1.82) is 0 Å². The summed E-state index contributed by atoms with van der Waals surface area (Å²) in [7, 11) is 0. The Kier molecular flexibility index (Phi) is 5.15. The van der Waals surface area contributed by atoms with Crippen molar-refractivity contribution in [2.45, 2.75) is 53.4 Å². The quantitative estimate of drug-likeness (QED) is 0.156. The highest BCUT2D eigenvalue weighted by molar-refractivity contribution is 6.26. The Morgan fingerprint density at radius 1 is 0.619 bits per heavy atom. The van der Waals surface area contributed by atoms with E-state index in [1.165, 1.54) is 70.9 Å². The van der Waals surface area contributed by atoms with Gasteiger partial charge in [-0.15, -0.1) is 0 Å². The van der Waals surface area contributed by atoms with Crippen LogP contribution in [0.1, 0.15) is 52.7 Å². The van der Waals surface area contributed by atoms with Crippen molar-refractivity contribution >= 4 is 59.8 Å². The molecule has 0 radical (unpaired) electrons. The van der Waals surface area contributed by atoms with Crippen LogP contribution in [0.15, 0.2) is 97.1 Å². The molecular formula is C40H36N2. The van der Waals surface area contributed by atoms with Gasteiger partial charge in [-0.25, -0.2) is 4.98 Å². The van der Waals surface area contributed by atoms with Gasteiger partial charge in [-0.1, -0.05) is 102 Å². The van der Waals surface area contributed by atoms with Crippen LogP contribution in [0.2, 0.25) is 0 Å². The Labute approximate surface area is 246 Å². The third kappa shape index (κ3) is 3.74. The first-order valence-corrected chi connectivity index (χ1v) is 15.1. The van der Waals surface area contributed by atoms with E-state index in [0.29, 0.717) is 0 Å². The minimum Gasteiger partial charge on any atom is -0.308 e. The molecule has 0 atom stereocenters. The summed E-state index contributed by atoms with van der Waals surface area (Å²) in [4.78, 5) is 5.32. The number of benzene rings is 5. The first-order chi connectivity index (χ1) is 20.1. The van der Waals surface area contributed by atoms with Crippen LogP contribution >= 0.6 is 0 Å². The second-order valence-corrected chi connectivity index (χ2v) is 14.3. The fraction of sp³-hybridized carbons (Fsp3) is 0.225. The lowest BCUT2D eigenvalue weighted by atomic mass is 9.82. The minimum atomic E-state index is 0.0143. The maximum absolute atomic E-state index is 5.32. The molecule has 0 saturated carbocycles. The summed E-state index contributed by atoms with van der Waals surface area (Å²) < 4.78 is 2.51. The van der Waals surface area contributed by atoms with Gasteiger partial charge in [0.2, 0.25) is 0 Å². The molecule has 0 spiro atoms. The molecule has 0 saturated heterocycles. The Bertz CT molecular complexity index is 2340. The SMILES string of the molecule is CC(C)(C)Cc1ccc2c(c1)c1cccc3c4cccc5nc(-c6cc(C(C)(C)C)c7ccccc7c6)cc(c54)n2c31. The fourth-order valence-corrected chi connectivity index (χ4v) is 7.20. The first-order valence-electron chi connectivity index (χ1n) is 15.1. The number of para-hydroxylation sites is 1. The normalized spacial score (nSPS) is 13.1. The molecule has 2 nitrogen and oxygen atoms in total. The van der Waals surface area contributed by atoms with E-state index in [2.05, 4.69) is 143 Å². The molecule has 8 aromatic rings. The molecule has 3 heterocycles. The van der Waals surface area contributed by atoms with Gasteiger partial charge in [0.05, 0.1) is 27.8 Å². The molecule has 42 heavy (non-hydrogen) atoms. The number of aromatic nitrogens is 2. The second kappa shape index (κ2) is 8.55. The van der Waals surface area contributed by atoms with Gasteiger partial charge in [0, 0.05) is 27.1 Å². The summed E-state index contributed by atoms with van der Waals surface area (Å²) in [6.07, 6.45) is 1.05. The van der Waals surface area contributed by atoms with E-state index < -0.39 is 0 Å². The highest BCUT2D eigenvalue weighted by Crippen LogP contribution is 2.42. The van der Waals surface area contributed by atoms with Crippen molar-refractivity contribution in [3.63, 3.8) is 0 Å². The number of fused-ring (bicyclic) bond motifs is 6. The summed E-state index contributed by atoms with van der Waals surface area (Å²) in [6.45, 7) is 13.9. The topological polar surface area (TPSA) is 17.3 Å². The molecule has 0 fully saturated rings. The lowest BCUT2D eigenvalue weighted by molar-refractivity contribution is 0.411. The van der Waals surface area contributed by atoms with Crippen molar-refractivity contribution < 1.29 is 0 Å². The zero-order valence-corrected chi connectivity index (χ0v) is 25.3. The van der Waals surface area contributed by atoms with Crippen LogP contribution < -0.4 is 0 Å². The largest absolute Gasteiger partial charge is 0.308 e. The average molecular weight is 545 g/mol. The highest BCUT2D eigenvalue weighted by Gasteiger charge is 2.22. The van der Waals surface area contributed by atoms with Gasteiger partial charge in [0.1, 0.15) is 0 Å². The number of hydrogen-bond donors (Lipinski definition) is 0. The molecule has 2 heteroatoms. The lowest BCUT2D eigenvalue weighted by Gasteiger charge is -2.23. The third-order valence-electron chi connectivity index (χ3n) is 8.90. The van der Waals surface area contributed by atoms with Crippen LogP contribution in [0, 0.1) is 5.41 Å². The zero-order chi connectivity index (χ0) is 29.0. The Balaban J connectivity index is 1.50. The highest BCUT2D eigenvalue weighted by atomic mass is 14.9. The van der Waals surface area contributed by atoms with E-state index in [1.807, 2.05) is 0 Å². The van der Waals surface area contributed by atoms with Gasteiger partial charge in [0.25, 0.3) is 0 Å². The van der Waals surface area contributed by atoms with Crippen LogP contribution in [-0.4, -0.2) is 9.38 Å². The Hall–Kier alpha value is -4.43. The molecule has 0 aliphatic carbocycles. The molecular weight excluding hydrogens is 508 g/mol. The number of rotatable bonds is 2. The number of hydrogen-bond acceptors (Lipinski definition) is 1. The Morgan fingerprint density at radius 3 is 2.12 bits per heavy atom. The maximum Gasteiger partial charge on any atom is 0.0736 e. The summed E-state index contributed by atoms with van der Waals surface area (Å²) in [5.41, 5.74) is 10.00. The van der Waals surface area contributed by atoms with E-state index in [9.17, 15) is 0 Å². The molecule has 0 unspecified atom stereocenters. The van der Waals surface area contributed by atoms with E-state index in [-0.39, 0.29) is 10.8 Å². The van der Waals surface area contributed by atoms with Crippen molar-refractivity contribution in [2.24, 2.45) is 5.41 Å². The zero-order valence-electron chi connectivity index (χ0n) is 25.3. The van der Waals surface area contributed by atoms with Crippen LogP contribution in [0.25, 0.3) is 71.0 Å². The van der Waals surface area contributed by atoms with E-state index in [0.717, 1.165) is 17.6 Å². The van der Waals surface area contributed by atoms with Gasteiger partial charge in [-0.2, -0.15) is 0 Å². The van der Waals surface area contributed by atoms with Gasteiger partial charge < -0.3 is 4.40 Å². The molecule has 0 N–H and O–H groups in total. The van der Waals surface area contributed by atoms with Crippen molar-refractivity contribution in [3.05, 3.63) is 108 Å². The second-order valence-electron chi connectivity index (χ2n) is 14.3. The van der Waals surface area contributed by atoms with Crippen molar-refractivity contribution in [2.75, 3.05) is 0 Å². The maximum atomic E-state index is 5.32. The van der Waals surface area contributed by atoms with Gasteiger partial charge in [0.15, 0.2) is 0 Å². The molecule has 3 aromatic heterocycles. The molecule has 5 aromatic carbocycles. The molecule has 0 aliphatic heterocycles. The summed E-state index contributed by atoms with van der Waals surface area (Å²) in [5, 5.41) is 9.01. The molecule has 0 aliphatic rings. The lowest BCUT2D eigenvalue weighted by Crippen LogP contribution is -2.12. The molecule has 206 valence electrons. The summed E-state index contributed by atoms with van der Waals surface area (Å²) >= 11 is 0. The molecule has 0 bridgehead atoms. The Morgan fingerprint density at radius 2 is 1.33 bits per heavy atom. The van der Waals surface area contributed by atoms with Crippen LogP contribution in [0.5, 0.6) is 0 Å². The predicted molar refractivity (Wildman–Crippen MR) is 181 cm³/mol.